The van der Waals surface area contributed by atoms with Crippen molar-refractivity contribution in [3.05, 3.63) is 45.7 Å². The fraction of sp³-hybridized carbons (Fsp3) is 0.353. The monoisotopic (exact) mass is 409 g/mol. The molecular formula is C17H20BrN3O2S. The molecule has 0 spiro atoms. The summed E-state index contributed by atoms with van der Waals surface area (Å²) in [5, 5.41) is 3.86. The third-order valence-electron chi connectivity index (χ3n) is 3.20. The molecule has 2 rings (SSSR count). The SMILES string of the molecule is C=CCNC(=O)CSc1nc2ccc(Br)cc2c(=O)n1CC(C)C. The topological polar surface area (TPSA) is 64.0 Å². The Labute approximate surface area is 153 Å². The number of hydrogen-bond acceptors (Lipinski definition) is 4. The van der Waals surface area contributed by atoms with Crippen molar-refractivity contribution < 1.29 is 4.79 Å². The lowest BCUT2D eigenvalue weighted by Gasteiger charge is -2.15. The van der Waals surface area contributed by atoms with E-state index >= 15 is 0 Å². The van der Waals surface area contributed by atoms with Crippen LogP contribution in [0.3, 0.4) is 0 Å². The summed E-state index contributed by atoms with van der Waals surface area (Å²) in [5.41, 5.74) is 0.557. The van der Waals surface area contributed by atoms with Gasteiger partial charge in [0.25, 0.3) is 5.56 Å². The van der Waals surface area contributed by atoms with Gasteiger partial charge in [0.2, 0.25) is 5.91 Å². The van der Waals surface area contributed by atoms with Crippen LogP contribution in [0, 0.1) is 5.92 Å². The standard InChI is InChI=1S/C17H20BrN3O2S/c1-4-7-19-15(22)10-24-17-20-14-6-5-12(18)8-13(14)16(23)21(17)9-11(2)3/h4-6,8,11H,1,7,9-10H2,2-3H3,(H,19,22). The average Bonchev–Trinajstić information content (AvgIpc) is 2.54. The summed E-state index contributed by atoms with van der Waals surface area (Å²) in [4.78, 5) is 29.2. The van der Waals surface area contributed by atoms with Crippen LogP contribution in [-0.2, 0) is 11.3 Å². The average molecular weight is 410 g/mol. The smallest absolute Gasteiger partial charge is 0.262 e. The minimum atomic E-state index is -0.110. The van der Waals surface area contributed by atoms with Crippen LogP contribution in [0.25, 0.3) is 10.9 Å². The van der Waals surface area contributed by atoms with E-state index in [1.54, 1.807) is 16.7 Å². The molecule has 0 aliphatic carbocycles. The maximum atomic E-state index is 12.8. The molecule has 0 bridgehead atoms. The second kappa shape index (κ2) is 8.48. The molecule has 0 aliphatic heterocycles. The number of thioether (sulfide) groups is 1. The van der Waals surface area contributed by atoms with Gasteiger partial charge in [-0.15, -0.1) is 6.58 Å². The van der Waals surface area contributed by atoms with Gasteiger partial charge < -0.3 is 5.32 Å². The van der Waals surface area contributed by atoms with Crippen LogP contribution in [0.2, 0.25) is 0 Å². The third kappa shape index (κ3) is 4.70. The molecule has 0 saturated heterocycles. The Morgan fingerprint density at radius 3 is 2.92 bits per heavy atom. The zero-order valence-electron chi connectivity index (χ0n) is 13.7. The highest BCUT2D eigenvalue weighted by atomic mass is 79.9. The summed E-state index contributed by atoms with van der Waals surface area (Å²) in [5.74, 6) is 0.393. The van der Waals surface area contributed by atoms with Crippen LogP contribution in [0.4, 0.5) is 0 Å². The summed E-state index contributed by atoms with van der Waals surface area (Å²) in [7, 11) is 0. The van der Waals surface area contributed by atoms with Crippen molar-refractivity contribution in [3.8, 4) is 0 Å². The van der Waals surface area contributed by atoms with Gasteiger partial charge in [-0.3, -0.25) is 14.2 Å². The van der Waals surface area contributed by atoms with E-state index in [1.807, 2.05) is 26.0 Å². The Hall–Kier alpha value is -1.60. The molecule has 1 N–H and O–H groups in total. The molecule has 5 nitrogen and oxygen atoms in total. The molecule has 1 aromatic heterocycles. The molecule has 1 aromatic carbocycles. The molecule has 0 aliphatic rings. The zero-order valence-corrected chi connectivity index (χ0v) is 16.1. The van der Waals surface area contributed by atoms with Crippen LogP contribution < -0.4 is 10.9 Å². The normalized spacial score (nSPS) is 11.0. The Morgan fingerprint density at radius 2 is 2.25 bits per heavy atom. The molecule has 0 fully saturated rings. The first-order chi connectivity index (χ1) is 11.4. The summed E-state index contributed by atoms with van der Waals surface area (Å²) < 4.78 is 2.50. The zero-order chi connectivity index (χ0) is 17.7. The number of rotatable bonds is 7. The fourth-order valence-electron chi connectivity index (χ4n) is 2.18. The molecule has 7 heteroatoms. The van der Waals surface area contributed by atoms with E-state index in [9.17, 15) is 9.59 Å². The predicted molar refractivity (Wildman–Crippen MR) is 102 cm³/mol. The van der Waals surface area contributed by atoms with Gasteiger partial charge >= 0.3 is 0 Å². The number of amides is 1. The quantitative estimate of drug-likeness (QED) is 0.433. The van der Waals surface area contributed by atoms with Gasteiger partial charge in [-0.2, -0.15) is 0 Å². The molecular weight excluding hydrogens is 390 g/mol. The van der Waals surface area contributed by atoms with E-state index in [0.717, 1.165) is 4.47 Å². The molecule has 0 saturated carbocycles. The molecule has 24 heavy (non-hydrogen) atoms. The number of aromatic nitrogens is 2. The first-order valence-corrected chi connectivity index (χ1v) is 9.40. The second-order valence-corrected chi connectivity index (χ2v) is 7.61. The number of benzene rings is 1. The van der Waals surface area contributed by atoms with Gasteiger partial charge in [0.1, 0.15) is 0 Å². The molecule has 2 aromatic rings. The summed E-state index contributed by atoms with van der Waals surface area (Å²) in [6.07, 6.45) is 1.63. The lowest BCUT2D eigenvalue weighted by molar-refractivity contribution is -0.118. The molecule has 0 atom stereocenters. The van der Waals surface area contributed by atoms with E-state index in [2.05, 4.69) is 32.8 Å². The van der Waals surface area contributed by atoms with E-state index < -0.39 is 0 Å². The largest absolute Gasteiger partial charge is 0.352 e. The minimum Gasteiger partial charge on any atom is -0.352 e. The van der Waals surface area contributed by atoms with Gasteiger partial charge in [-0.05, 0) is 24.1 Å². The van der Waals surface area contributed by atoms with E-state index in [1.165, 1.54) is 11.8 Å². The minimum absolute atomic E-state index is 0.0796. The van der Waals surface area contributed by atoms with Crippen molar-refractivity contribution >= 4 is 44.5 Å². The highest BCUT2D eigenvalue weighted by molar-refractivity contribution is 9.10. The van der Waals surface area contributed by atoms with Crippen LogP contribution in [0.5, 0.6) is 0 Å². The molecule has 0 unspecified atom stereocenters. The van der Waals surface area contributed by atoms with E-state index in [0.29, 0.717) is 35.1 Å². The first kappa shape index (κ1) is 18.7. The number of nitrogens with one attached hydrogen (secondary N) is 1. The second-order valence-electron chi connectivity index (χ2n) is 5.75. The summed E-state index contributed by atoms with van der Waals surface area (Å²) in [6.45, 7) is 8.64. The highest BCUT2D eigenvalue weighted by Gasteiger charge is 2.14. The van der Waals surface area contributed by atoms with Gasteiger partial charge in [0.05, 0.1) is 16.7 Å². The maximum Gasteiger partial charge on any atom is 0.262 e. The fourth-order valence-corrected chi connectivity index (χ4v) is 3.38. The highest BCUT2D eigenvalue weighted by Crippen LogP contribution is 2.21. The van der Waals surface area contributed by atoms with Crippen molar-refractivity contribution in [1.29, 1.82) is 0 Å². The summed E-state index contributed by atoms with van der Waals surface area (Å²) in [6, 6.07) is 5.45. The van der Waals surface area contributed by atoms with E-state index in [-0.39, 0.29) is 17.2 Å². The summed E-state index contributed by atoms with van der Waals surface area (Å²) >= 11 is 4.67. The van der Waals surface area contributed by atoms with Crippen molar-refractivity contribution in [2.24, 2.45) is 5.92 Å². The Kier molecular flexibility index (Phi) is 6.62. The Balaban J connectivity index is 2.39. The van der Waals surface area contributed by atoms with Crippen molar-refractivity contribution in [3.63, 3.8) is 0 Å². The van der Waals surface area contributed by atoms with E-state index in [4.69, 9.17) is 0 Å². The Bertz CT molecular complexity index is 817. The number of hydrogen-bond donors (Lipinski definition) is 1. The van der Waals surface area contributed by atoms with Crippen molar-refractivity contribution in [2.75, 3.05) is 12.3 Å². The maximum absolute atomic E-state index is 12.8. The van der Waals surface area contributed by atoms with Gasteiger partial charge in [-0.25, -0.2) is 4.98 Å². The van der Waals surface area contributed by atoms with Gasteiger partial charge in [0, 0.05) is 17.6 Å². The molecule has 128 valence electrons. The predicted octanol–water partition coefficient (Wildman–Crippen LogP) is 3.21. The molecule has 0 radical (unpaired) electrons. The van der Waals surface area contributed by atoms with Crippen LogP contribution in [0.15, 0.2) is 45.3 Å². The first-order valence-electron chi connectivity index (χ1n) is 7.63. The number of nitrogens with zero attached hydrogens (tertiary/aromatic N) is 2. The van der Waals surface area contributed by atoms with Gasteiger partial charge in [-0.1, -0.05) is 47.6 Å². The number of carbonyl (C=O) groups is 1. The lowest BCUT2D eigenvalue weighted by Crippen LogP contribution is -2.28. The Morgan fingerprint density at radius 1 is 1.50 bits per heavy atom. The van der Waals surface area contributed by atoms with Crippen LogP contribution >= 0.6 is 27.7 Å². The number of halogens is 1. The van der Waals surface area contributed by atoms with Crippen molar-refractivity contribution in [1.82, 2.24) is 14.9 Å². The van der Waals surface area contributed by atoms with Gasteiger partial charge in [0.15, 0.2) is 5.16 Å². The third-order valence-corrected chi connectivity index (χ3v) is 4.67. The lowest BCUT2D eigenvalue weighted by atomic mass is 10.2. The number of fused-ring (bicyclic) bond motifs is 1. The number of carbonyl (C=O) groups excluding carboxylic acids is 1. The molecule has 1 amide bonds. The molecule has 1 heterocycles. The van der Waals surface area contributed by atoms with Crippen LogP contribution in [-0.4, -0.2) is 27.8 Å². The van der Waals surface area contributed by atoms with Crippen LogP contribution in [0.1, 0.15) is 13.8 Å². The van der Waals surface area contributed by atoms with Crippen molar-refractivity contribution in [2.45, 2.75) is 25.5 Å².